The quantitative estimate of drug-likeness (QED) is 0.769. The van der Waals surface area contributed by atoms with Gasteiger partial charge in [-0.05, 0) is 44.0 Å². The van der Waals surface area contributed by atoms with Crippen molar-refractivity contribution in [1.29, 1.82) is 0 Å². The number of aryl methyl sites for hydroxylation is 1. The van der Waals surface area contributed by atoms with Gasteiger partial charge < -0.3 is 10.6 Å². The Balaban J connectivity index is 1.69. The van der Waals surface area contributed by atoms with Crippen LogP contribution in [0.2, 0.25) is 0 Å². The highest BCUT2D eigenvalue weighted by Crippen LogP contribution is 2.26. The minimum atomic E-state index is -3.71. The summed E-state index contributed by atoms with van der Waals surface area (Å²) in [5, 5.41) is 5.91. The first kappa shape index (κ1) is 20.4. The van der Waals surface area contributed by atoms with E-state index in [2.05, 4.69) is 15.6 Å². The van der Waals surface area contributed by atoms with Gasteiger partial charge in [0.25, 0.3) is 0 Å². The molecule has 2 heterocycles. The van der Waals surface area contributed by atoms with Crippen LogP contribution in [0.15, 0.2) is 35.4 Å². The van der Waals surface area contributed by atoms with E-state index >= 15 is 0 Å². The first-order valence-corrected chi connectivity index (χ1v) is 11.1. The zero-order valence-corrected chi connectivity index (χ0v) is 17.3. The fraction of sp³-hybridized carbons (Fsp3) is 0.389. The van der Waals surface area contributed by atoms with Gasteiger partial charge in [0, 0.05) is 36.8 Å². The lowest BCUT2D eigenvalue weighted by molar-refractivity contribution is -0.121. The molecule has 0 aliphatic carbocycles. The van der Waals surface area contributed by atoms with Crippen molar-refractivity contribution >= 4 is 44.0 Å². The van der Waals surface area contributed by atoms with E-state index in [0.717, 1.165) is 4.88 Å². The average molecular weight is 423 g/mol. The fourth-order valence-corrected chi connectivity index (χ4v) is 5.25. The molecule has 1 aliphatic rings. The highest BCUT2D eigenvalue weighted by atomic mass is 32.2. The van der Waals surface area contributed by atoms with Gasteiger partial charge in [-0.25, -0.2) is 13.4 Å². The number of hydrogen-bond acceptors (Lipinski definition) is 6. The molecule has 0 spiro atoms. The standard InChI is InChI=1S/C18H22N4O4S2/c1-12-10-19-18(27-12)21-17(24)14-4-3-9-22(11-14)28(25,26)16-7-5-15(6-8-16)20-13(2)23/h5-8,10,14H,3-4,9,11H2,1-2H3,(H,20,23)(H,19,21,24)/t14-/m1/s1. The molecular weight excluding hydrogens is 400 g/mol. The Morgan fingerprint density at radius 3 is 2.54 bits per heavy atom. The van der Waals surface area contributed by atoms with Crippen LogP contribution in [0.1, 0.15) is 24.6 Å². The minimum Gasteiger partial charge on any atom is -0.326 e. The lowest BCUT2D eigenvalue weighted by Gasteiger charge is -2.31. The summed E-state index contributed by atoms with van der Waals surface area (Å²) in [6, 6.07) is 6.02. The SMILES string of the molecule is CC(=O)Nc1ccc(S(=O)(=O)N2CCC[C@@H](C(=O)Nc3ncc(C)s3)C2)cc1. The summed E-state index contributed by atoms with van der Waals surface area (Å²) < 4.78 is 27.2. The van der Waals surface area contributed by atoms with Crippen molar-refractivity contribution in [1.82, 2.24) is 9.29 Å². The van der Waals surface area contributed by atoms with Gasteiger partial charge in [-0.3, -0.25) is 9.59 Å². The van der Waals surface area contributed by atoms with E-state index in [4.69, 9.17) is 0 Å². The third kappa shape index (κ3) is 4.75. The van der Waals surface area contributed by atoms with Crippen LogP contribution in [-0.4, -0.2) is 42.6 Å². The van der Waals surface area contributed by atoms with Crippen LogP contribution in [0.4, 0.5) is 10.8 Å². The zero-order chi connectivity index (χ0) is 20.3. The van der Waals surface area contributed by atoms with E-state index < -0.39 is 15.9 Å². The first-order chi connectivity index (χ1) is 13.3. The van der Waals surface area contributed by atoms with Crippen LogP contribution in [0.5, 0.6) is 0 Å². The van der Waals surface area contributed by atoms with E-state index in [-0.39, 0.29) is 23.3 Å². The molecule has 1 aromatic heterocycles. The number of nitrogens with one attached hydrogen (secondary N) is 2. The Kier molecular flexibility index (Phi) is 6.11. The van der Waals surface area contributed by atoms with Gasteiger partial charge in [-0.15, -0.1) is 11.3 Å². The molecule has 8 nitrogen and oxygen atoms in total. The second-order valence-electron chi connectivity index (χ2n) is 6.67. The maximum Gasteiger partial charge on any atom is 0.243 e. The van der Waals surface area contributed by atoms with Crippen molar-refractivity contribution in [3.63, 3.8) is 0 Å². The Hall–Kier alpha value is -2.30. The smallest absolute Gasteiger partial charge is 0.243 e. The summed E-state index contributed by atoms with van der Waals surface area (Å²) in [6.07, 6.45) is 2.92. The molecule has 10 heteroatoms. The summed E-state index contributed by atoms with van der Waals surface area (Å²) in [6.45, 7) is 3.79. The van der Waals surface area contributed by atoms with E-state index in [1.165, 1.54) is 34.7 Å². The van der Waals surface area contributed by atoms with Crippen molar-refractivity contribution in [2.24, 2.45) is 5.92 Å². The maximum absolute atomic E-state index is 12.9. The normalized spacial score (nSPS) is 17.9. The number of nitrogens with zero attached hydrogens (tertiary/aromatic N) is 2. The van der Waals surface area contributed by atoms with E-state index in [0.29, 0.717) is 30.2 Å². The largest absolute Gasteiger partial charge is 0.326 e. The Labute approximate surface area is 168 Å². The molecule has 0 saturated carbocycles. The summed E-state index contributed by atoms with van der Waals surface area (Å²) in [7, 11) is -3.71. The molecule has 0 unspecified atom stereocenters. The number of carbonyl (C=O) groups is 2. The number of thiazole rings is 1. The van der Waals surface area contributed by atoms with Crippen LogP contribution < -0.4 is 10.6 Å². The van der Waals surface area contributed by atoms with Crippen LogP contribution in [-0.2, 0) is 19.6 Å². The van der Waals surface area contributed by atoms with Crippen LogP contribution >= 0.6 is 11.3 Å². The third-order valence-corrected chi connectivity index (χ3v) is 7.13. The average Bonchev–Trinajstić information content (AvgIpc) is 3.06. The van der Waals surface area contributed by atoms with E-state index in [1.54, 1.807) is 18.3 Å². The lowest BCUT2D eigenvalue weighted by atomic mass is 9.99. The van der Waals surface area contributed by atoms with Gasteiger partial charge >= 0.3 is 0 Å². The maximum atomic E-state index is 12.9. The van der Waals surface area contributed by atoms with E-state index in [9.17, 15) is 18.0 Å². The predicted molar refractivity (Wildman–Crippen MR) is 108 cm³/mol. The molecule has 2 amide bonds. The van der Waals surface area contributed by atoms with Crippen LogP contribution in [0.3, 0.4) is 0 Å². The Morgan fingerprint density at radius 2 is 1.93 bits per heavy atom. The highest BCUT2D eigenvalue weighted by molar-refractivity contribution is 7.89. The number of benzene rings is 1. The monoisotopic (exact) mass is 422 g/mol. The number of anilines is 2. The number of aromatic nitrogens is 1. The van der Waals surface area contributed by atoms with Gasteiger partial charge in [0.05, 0.1) is 10.8 Å². The highest BCUT2D eigenvalue weighted by Gasteiger charge is 2.33. The first-order valence-electron chi connectivity index (χ1n) is 8.87. The summed E-state index contributed by atoms with van der Waals surface area (Å²) in [5.41, 5.74) is 0.529. The molecule has 0 bridgehead atoms. The van der Waals surface area contributed by atoms with E-state index in [1.807, 2.05) is 6.92 Å². The van der Waals surface area contributed by atoms with Crippen molar-refractivity contribution < 1.29 is 18.0 Å². The molecule has 1 saturated heterocycles. The number of piperidine rings is 1. The lowest BCUT2D eigenvalue weighted by Crippen LogP contribution is -2.43. The third-order valence-electron chi connectivity index (χ3n) is 4.42. The van der Waals surface area contributed by atoms with Crippen LogP contribution in [0, 0.1) is 12.8 Å². The van der Waals surface area contributed by atoms with Crippen molar-refractivity contribution in [3.05, 3.63) is 35.3 Å². The predicted octanol–water partition coefficient (Wildman–Crippen LogP) is 2.45. The molecule has 3 rings (SSSR count). The van der Waals surface area contributed by atoms with Gasteiger partial charge in [0.15, 0.2) is 5.13 Å². The van der Waals surface area contributed by atoms with Gasteiger partial charge in [-0.2, -0.15) is 4.31 Å². The van der Waals surface area contributed by atoms with Gasteiger partial charge in [0.2, 0.25) is 21.8 Å². The molecular formula is C18H22N4O4S2. The summed E-state index contributed by atoms with van der Waals surface area (Å²) in [5.74, 6) is -0.863. The number of carbonyl (C=O) groups excluding carboxylic acids is 2. The van der Waals surface area contributed by atoms with Crippen molar-refractivity contribution in [2.75, 3.05) is 23.7 Å². The molecule has 1 atom stereocenters. The molecule has 0 radical (unpaired) electrons. The molecule has 1 aromatic carbocycles. The molecule has 2 N–H and O–H groups in total. The zero-order valence-electron chi connectivity index (χ0n) is 15.6. The number of sulfonamides is 1. The van der Waals surface area contributed by atoms with Gasteiger partial charge in [0.1, 0.15) is 0 Å². The van der Waals surface area contributed by atoms with Gasteiger partial charge in [-0.1, -0.05) is 0 Å². The fourth-order valence-electron chi connectivity index (χ4n) is 3.06. The molecule has 1 fully saturated rings. The molecule has 2 aromatic rings. The molecule has 150 valence electrons. The number of amides is 2. The van der Waals surface area contributed by atoms with Crippen LogP contribution in [0.25, 0.3) is 0 Å². The Bertz CT molecular complexity index is 970. The number of rotatable bonds is 5. The second kappa shape index (κ2) is 8.38. The molecule has 1 aliphatic heterocycles. The summed E-state index contributed by atoms with van der Waals surface area (Å²) >= 11 is 1.38. The topological polar surface area (TPSA) is 108 Å². The second-order valence-corrected chi connectivity index (χ2v) is 9.85. The Morgan fingerprint density at radius 1 is 1.21 bits per heavy atom. The summed E-state index contributed by atoms with van der Waals surface area (Å²) in [4.78, 5) is 28.9. The number of hydrogen-bond donors (Lipinski definition) is 2. The van der Waals surface area contributed by atoms with Crippen molar-refractivity contribution in [2.45, 2.75) is 31.6 Å². The van der Waals surface area contributed by atoms with Crippen molar-refractivity contribution in [3.8, 4) is 0 Å². The minimum absolute atomic E-state index is 0.131. The molecule has 28 heavy (non-hydrogen) atoms.